The smallest absolute Gasteiger partial charge is 0.339 e. The third-order valence-corrected chi connectivity index (χ3v) is 33.2. The maximum Gasteiger partial charge on any atom is 0.339 e. The summed E-state index contributed by atoms with van der Waals surface area (Å²) >= 11 is 0. The molecule has 11 aliphatic carbocycles. The van der Waals surface area contributed by atoms with Crippen molar-refractivity contribution in [2.75, 3.05) is 26.4 Å². The number of carbonyl (C=O) groups is 3. The van der Waals surface area contributed by atoms with E-state index in [1.54, 1.807) is 6.26 Å². The Balaban J connectivity index is 0.808. The molecular formula is C80H100N2O11. The Hall–Kier alpha value is -4.29. The molecule has 4 N–H and O–H groups in total. The van der Waals surface area contributed by atoms with Crippen LogP contribution in [0.15, 0.2) is 71.0 Å². The maximum atomic E-state index is 18.0. The van der Waals surface area contributed by atoms with Gasteiger partial charge in [0.25, 0.3) is 0 Å². The highest BCUT2D eigenvalue weighted by Crippen LogP contribution is 2.92. The summed E-state index contributed by atoms with van der Waals surface area (Å²) in [7, 11) is 0. The van der Waals surface area contributed by atoms with Gasteiger partial charge in [0.2, 0.25) is 0 Å². The van der Waals surface area contributed by atoms with Crippen molar-refractivity contribution in [2.24, 2.45) is 128 Å². The highest BCUT2D eigenvalue weighted by Gasteiger charge is 3.00. The van der Waals surface area contributed by atoms with Crippen molar-refractivity contribution in [3.63, 3.8) is 0 Å². The second-order valence-corrected chi connectivity index (χ2v) is 35.9. The van der Waals surface area contributed by atoms with Gasteiger partial charge >= 0.3 is 11.9 Å². The van der Waals surface area contributed by atoms with E-state index >= 15 is 19.5 Å². The minimum Gasteiger partial charge on any atom is -0.469 e. The number of aliphatic hydroxyl groups excluding tert-OH is 3. The fourth-order valence-corrected chi connectivity index (χ4v) is 30.5. The van der Waals surface area contributed by atoms with Crippen LogP contribution in [-0.4, -0.2) is 106 Å². The van der Waals surface area contributed by atoms with Gasteiger partial charge in [0.1, 0.15) is 29.7 Å². The van der Waals surface area contributed by atoms with Gasteiger partial charge in [-0.25, -0.2) is 4.79 Å². The Labute approximate surface area is 549 Å². The number of ether oxygens (including phenoxy) is 4. The van der Waals surface area contributed by atoms with Crippen LogP contribution < -0.4 is 5.32 Å². The SMILES string of the molecule is C[C@H]1[C@H]([C@@H]2C=C3C[C@H]4CC5(CCCC5)C[C@]45C[C@H]4C[C@]6(C)[C@]78O[C@@H]7C(=O)O[C@]6(c6ccoc6C[C@@H]([C@@H]6CC[C@H]7[C@H](C=CN9CNC[C@H]79)C6)[C@H](O)CO)CC#C[C@H]6CC[C@H](Cc7ccccc7)C[C@H]6[C@]86[C@H](O)C(=O)[C@@H]7[C@@]2(C)O[C@]32[C@H]5C(=O)OC[C@@]72[C@@H]46)CC[C@H]2CCCC[C@@H]21. The van der Waals surface area contributed by atoms with Gasteiger partial charge in [-0.05, 0) is 227 Å². The minimum absolute atomic E-state index is 0.0310. The minimum atomic E-state index is -1.57. The zero-order valence-corrected chi connectivity index (χ0v) is 55.3. The first kappa shape index (κ1) is 58.8. The second-order valence-electron chi connectivity index (χ2n) is 35.9. The van der Waals surface area contributed by atoms with Gasteiger partial charge in [0.15, 0.2) is 17.5 Å². The van der Waals surface area contributed by atoms with Gasteiger partial charge in [-0.15, -0.1) is 0 Å². The monoisotopic (exact) mass is 1260 g/mol. The molecule has 9 bridgehead atoms. The molecule has 0 unspecified atom stereocenters. The van der Waals surface area contributed by atoms with Gasteiger partial charge < -0.3 is 43.6 Å². The molecule has 29 atom stereocenters. The van der Waals surface area contributed by atoms with Crippen LogP contribution in [0.3, 0.4) is 0 Å². The second kappa shape index (κ2) is 19.8. The van der Waals surface area contributed by atoms with Crippen molar-refractivity contribution >= 4 is 17.7 Å². The van der Waals surface area contributed by atoms with E-state index in [4.69, 9.17) is 23.4 Å². The summed E-state index contributed by atoms with van der Waals surface area (Å²) < 4.78 is 38.2. The molecule has 6 spiro atoms. The molecule has 10 saturated carbocycles. The number of rotatable bonds is 9. The summed E-state index contributed by atoms with van der Waals surface area (Å²) in [6.45, 7) is 8.60. The largest absolute Gasteiger partial charge is 0.469 e. The zero-order chi connectivity index (χ0) is 62.8. The van der Waals surface area contributed by atoms with Crippen molar-refractivity contribution in [1.29, 1.82) is 0 Å². The van der Waals surface area contributed by atoms with Crippen molar-refractivity contribution in [3.05, 3.63) is 83.5 Å². The van der Waals surface area contributed by atoms with Crippen molar-refractivity contribution in [2.45, 2.75) is 222 Å². The number of hydrogen-bond donors (Lipinski definition) is 4. The molecule has 1 aromatic heterocycles. The van der Waals surface area contributed by atoms with E-state index in [0.717, 1.165) is 102 Å². The average Bonchev–Trinajstić information content (AvgIpc) is 1.42. The van der Waals surface area contributed by atoms with Crippen LogP contribution in [0.4, 0.5) is 0 Å². The number of aliphatic hydroxyl groups is 3. The molecule has 1 aromatic carbocycles. The number of benzene rings is 1. The van der Waals surface area contributed by atoms with Gasteiger partial charge in [0, 0.05) is 47.2 Å². The van der Waals surface area contributed by atoms with E-state index in [1.807, 2.05) is 6.07 Å². The Morgan fingerprint density at radius 1 is 0.871 bits per heavy atom. The number of esters is 2. The standard InChI is InChI=1S/C80H100N2O11/c1-44-54-16-8-7-14-47(54)19-21-55(44)60-34-52-33-53-38-74(25-9-10-26-74)41-75(53)37-51-36-72(2)77(58-24-29-89-63(58)35-57(62(84)40-83)49-20-22-56-50(32-49)23-28-82-43-81-39-61(56)82)27-11-15-48-18-17-46(30-45-12-5-4-6-13-45)31-59(48)78(80(72)69(91-80)71(88)92-77)65(51)76-42-90-70(87)67(75)79(52,76)93-73(60,3)66(76)64(85)68(78)86/h4-6,12-13,23-24,28-29,34,44,46-51,53-57,59-62,65-69,81,83-84,86H,7-10,14,16-22,25-27,30-33,35-43H2,1-3H3/t44-,46-,47-,48+,49-,50-,51-,53+,54-,55-,56+,57+,59-,60+,61-,62-,65-,66-,67+,68-,69-,72+,73+,75-,76-,77+,78+,79+,80-/m1/s1. The van der Waals surface area contributed by atoms with E-state index < -0.39 is 98.6 Å². The number of nitrogens with one attached hydrogen (secondary N) is 1. The first-order chi connectivity index (χ1) is 45.1. The molecule has 0 amide bonds. The van der Waals surface area contributed by atoms with Gasteiger partial charge in [-0.1, -0.05) is 100 Å². The number of epoxide rings is 1. The number of Topliss-reactive ketones (excluding diaryl/α,β-unsaturated/α-hetero) is 1. The van der Waals surface area contributed by atoms with Gasteiger partial charge in [-0.3, -0.25) is 14.9 Å². The fraction of sp³-hybridized carbons (Fsp3) is 0.762. The normalized spacial score (nSPS) is 52.9. The third-order valence-electron chi connectivity index (χ3n) is 33.2. The lowest BCUT2D eigenvalue weighted by Crippen LogP contribution is -2.83. The molecule has 13 heteroatoms. The summed E-state index contributed by atoms with van der Waals surface area (Å²) in [6.07, 6.45) is 28.0. The Bertz CT molecular complexity index is 3600. The molecule has 5 saturated heterocycles. The topological polar surface area (TPSA) is 181 Å². The lowest BCUT2D eigenvalue weighted by Gasteiger charge is -2.74. The first-order valence-corrected chi connectivity index (χ1v) is 37.8. The van der Waals surface area contributed by atoms with E-state index in [0.29, 0.717) is 60.7 Å². The highest BCUT2D eigenvalue weighted by atomic mass is 16.7. The van der Waals surface area contributed by atoms with Crippen molar-refractivity contribution in [3.8, 4) is 11.8 Å². The molecule has 18 aliphatic rings. The molecule has 2 aromatic rings. The fourth-order valence-electron chi connectivity index (χ4n) is 30.5. The summed E-state index contributed by atoms with van der Waals surface area (Å²) in [5.74, 6) is 7.75. The van der Waals surface area contributed by atoms with Crippen LogP contribution in [0.25, 0.3) is 0 Å². The first-order valence-electron chi connectivity index (χ1n) is 37.8. The molecule has 8 heterocycles. The summed E-state index contributed by atoms with van der Waals surface area (Å²) in [6, 6.07) is 13.3. The van der Waals surface area contributed by atoms with Crippen molar-refractivity contribution < 1.29 is 53.1 Å². The molecule has 20 rings (SSSR count). The maximum absolute atomic E-state index is 18.0. The number of furan rings is 1. The Morgan fingerprint density at radius 2 is 1.71 bits per heavy atom. The number of ketones is 1. The lowest BCUT2D eigenvalue weighted by atomic mass is 9.28. The highest BCUT2D eigenvalue weighted by molar-refractivity contribution is 5.94. The third kappa shape index (κ3) is 6.99. The number of hydrogen-bond acceptors (Lipinski definition) is 13. The van der Waals surface area contributed by atoms with Crippen LogP contribution in [0.1, 0.15) is 179 Å². The quantitative estimate of drug-likeness (QED) is 0.0807. The zero-order valence-electron chi connectivity index (χ0n) is 55.3. The number of nitrogens with zero attached hydrogens (tertiary/aromatic N) is 1. The van der Waals surface area contributed by atoms with E-state index in [1.165, 1.54) is 56.1 Å². The Kier molecular flexibility index (Phi) is 12.5. The lowest BCUT2D eigenvalue weighted by molar-refractivity contribution is -0.315. The summed E-state index contributed by atoms with van der Waals surface area (Å²) in [5.41, 5.74) is -6.08. The summed E-state index contributed by atoms with van der Waals surface area (Å²) in [4.78, 5) is 53.1. The number of allylic oxidation sites excluding steroid dienone is 1. The van der Waals surface area contributed by atoms with Crippen LogP contribution in [0, 0.1) is 140 Å². The number of carbonyl (C=O) groups excluding carboxylic acids is 3. The van der Waals surface area contributed by atoms with Crippen molar-refractivity contribution in [1.82, 2.24) is 10.2 Å². The van der Waals surface area contributed by atoms with Gasteiger partial charge in [0.05, 0.1) is 54.9 Å². The molecule has 0 radical (unpaired) electrons. The van der Waals surface area contributed by atoms with E-state index in [-0.39, 0.29) is 77.5 Å². The summed E-state index contributed by atoms with van der Waals surface area (Å²) in [5, 5.41) is 42.1. The van der Waals surface area contributed by atoms with Crippen LogP contribution in [-0.2, 0) is 51.8 Å². The molecule has 496 valence electrons. The molecule has 7 aliphatic heterocycles. The van der Waals surface area contributed by atoms with Crippen LogP contribution in [0.2, 0.25) is 0 Å². The van der Waals surface area contributed by atoms with Crippen LogP contribution >= 0.6 is 0 Å². The molecule has 93 heavy (non-hydrogen) atoms. The Morgan fingerprint density at radius 3 is 2.56 bits per heavy atom. The van der Waals surface area contributed by atoms with Crippen LogP contribution in [0.5, 0.6) is 0 Å². The number of fused-ring (bicyclic) bond motifs is 7. The predicted molar refractivity (Wildman–Crippen MR) is 343 cm³/mol. The molecule has 15 fully saturated rings. The average molecular weight is 1270 g/mol. The molecule has 13 nitrogen and oxygen atoms in total. The van der Waals surface area contributed by atoms with Gasteiger partial charge in [-0.2, -0.15) is 0 Å². The van der Waals surface area contributed by atoms with E-state index in [9.17, 15) is 10.2 Å². The predicted octanol–water partition coefficient (Wildman–Crippen LogP) is 11.2. The number of cyclic esters (lactones) is 1. The van der Waals surface area contributed by atoms with E-state index in [2.05, 4.69) is 91.5 Å². The molecular weight excluding hydrogens is 1160 g/mol.